The van der Waals surface area contributed by atoms with E-state index in [-0.39, 0.29) is 5.56 Å². The van der Waals surface area contributed by atoms with E-state index in [9.17, 15) is 4.79 Å². The summed E-state index contributed by atoms with van der Waals surface area (Å²) in [6.45, 7) is 0. The molecule has 0 aliphatic carbocycles. The number of hydrogen-bond donors (Lipinski definition) is 0. The molecule has 0 N–H and O–H groups in total. The van der Waals surface area contributed by atoms with Crippen molar-refractivity contribution in [2.24, 2.45) is 0 Å². The van der Waals surface area contributed by atoms with Gasteiger partial charge in [0.2, 0.25) is 4.96 Å². The molecule has 0 aliphatic heterocycles. The monoisotopic (exact) mass is 416 g/mol. The minimum atomic E-state index is -0.199. The van der Waals surface area contributed by atoms with Gasteiger partial charge in [0.1, 0.15) is 0 Å². The second-order valence-corrected chi connectivity index (χ2v) is 8.01. The smallest absolute Gasteiger partial charge is 0.291 e. The van der Waals surface area contributed by atoms with Crippen LogP contribution in [0.2, 0.25) is 10.0 Å². The van der Waals surface area contributed by atoms with Crippen LogP contribution < -0.4 is 15.0 Å². The van der Waals surface area contributed by atoms with Gasteiger partial charge in [0, 0.05) is 30.4 Å². The summed E-state index contributed by atoms with van der Waals surface area (Å²) in [5.41, 5.74) is 2.49. The molecule has 4 rings (SSSR count). The van der Waals surface area contributed by atoms with Crippen molar-refractivity contribution in [2.75, 3.05) is 19.0 Å². The lowest BCUT2D eigenvalue weighted by Gasteiger charge is -2.11. The van der Waals surface area contributed by atoms with Crippen LogP contribution in [0.3, 0.4) is 0 Å². The first-order valence-electron chi connectivity index (χ1n) is 8.06. The minimum absolute atomic E-state index is 0.199. The molecule has 2 aromatic heterocycles. The number of aromatic nitrogens is 3. The van der Waals surface area contributed by atoms with E-state index in [2.05, 4.69) is 10.1 Å². The van der Waals surface area contributed by atoms with Gasteiger partial charge in [-0.15, -0.1) is 5.10 Å². The highest BCUT2D eigenvalue weighted by molar-refractivity contribution is 7.15. The summed E-state index contributed by atoms with van der Waals surface area (Å²) in [4.78, 5) is 19.7. The largest absolute Gasteiger partial charge is 0.378 e. The third kappa shape index (κ3) is 3.43. The van der Waals surface area contributed by atoms with Crippen LogP contribution in [0.25, 0.3) is 22.4 Å². The molecule has 0 radical (unpaired) electrons. The first kappa shape index (κ1) is 18.0. The zero-order chi connectivity index (χ0) is 19.1. The van der Waals surface area contributed by atoms with Crippen molar-refractivity contribution in [1.82, 2.24) is 14.6 Å². The topological polar surface area (TPSA) is 50.5 Å². The first-order valence-corrected chi connectivity index (χ1v) is 9.64. The Labute approximate surface area is 169 Å². The average molecular weight is 417 g/mol. The molecule has 0 fully saturated rings. The van der Waals surface area contributed by atoms with E-state index in [1.54, 1.807) is 18.2 Å². The number of hydrogen-bond acceptors (Lipinski definition) is 5. The molecule has 0 atom stereocenters. The quantitative estimate of drug-likeness (QED) is 0.510. The molecule has 5 nitrogen and oxygen atoms in total. The predicted octanol–water partition coefficient (Wildman–Crippen LogP) is 3.74. The lowest BCUT2D eigenvalue weighted by molar-refractivity contribution is 0.937. The lowest BCUT2D eigenvalue weighted by atomic mass is 10.2. The minimum Gasteiger partial charge on any atom is -0.378 e. The van der Waals surface area contributed by atoms with Crippen molar-refractivity contribution in [3.05, 3.63) is 73.0 Å². The van der Waals surface area contributed by atoms with Gasteiger partial charge in [0.25, 0.3) is 5.56 Å². The van der Waals surface area contributed by atoms with E-state index in [1.807, 2.05) is 49.3 Å². The van der Waals surface area contributed by atoms with Gasteiger partial charge in [-0.3, -0.25) is 4.79 Å². The van der Waals surface area contributed by atoms with Crippen molar-refractivity contribution in [3.63, 3.8) is 0 Å². The van der Waals surface area contributed by atoms with E-state index >= 15 is 0 Å². The molecular formula is C19H14Cl2N4OS. The maximum absolute atomic E-state index is 12.7. The number of benzene rings is 2. The highest BCUT2D eigenvalue weighted by atomic mass is 35.5. The fourth-order valence-corrected chi connectivity index (χ4v) is 4.04. The van der Waals surface area contributed by atoms with Crippen molar-refractivity contribution < 1.29 is 0 Å². The van der Waals surface area contributed by atoms with Crippen molar-refractivity contribution in [1.29, 1.82) is 0 Å². The number of anilines is 1. The Hall–Kier alpha value is -2.41. The fourth-order valence-electron chi connectivity index (χ4n) is 2.64. The average Bonchev–Trinajstić information content (AvgIpc) is 3.15. The molecule has 8 heteroatoms. The highest BCUT2D eigenvalue weighted by Gasteiger charge is 2.14. The van der Waals surface area contributed by atoms with Gasteiger partial charge in [-0.1, -0.05) is 46.7 Å². The van der Waals surface area contributed by atoms with Crippen molar-refractivity contribution in [2.45, 2.75) is 0 Å². The molecule has 27 heavy (non-hydrogen) atoms. The number of halogens is 2. The van der Waals surface area contributed by atoms with Crippen molar-refractivity contribution in [3.8, 4) is 11.4 Å². The van der Waals surface area contributed by atoms with Gasteiger partial charge >= 0.3 is 0 Å². The Kier molecular flexibility index (Phi) is 4.63. The summed E-state index contributed by atoms with van der Waals surface area (Å²) < 4.78 is 1.89. The van der Waals surface area contributed by atoms with Crippen LogP contribution in [0.4, 0.5) is 5.69 Å². The number of fused-ring (bicyclic) bond motifs is 1. The molecule has 2 aromatic carbocycles. The van der Waals surface area contributed by atoms with E-state index in [0.717, 1.165) is 11.3 Å². The summed E-state index contributed by atoms with van der Waals surface area (Å²) in [5.74, 6) is 0.405. The maximum Gasteiger partial charge on any atom is 0.291 e. The summed E-state index contributed by atoms with van der Waals surface area (Å²) in [7, 11) is 3.97. The van der Waals surface area contributed by atoms with Gasteiger partial charge in [0.15, 0.2) is 5.82 Å². The Morgan fingerprint density at radius 3 is 2.48 bits per heavy atom. The zero-order valence-electron chi connectivity index (χ0n) is 14.5. The van der Waals surface area contributed by atoms with Gasteiger partial charge < -0.3 is 4.90 Å². The number of thiazole rings is 1. The normalized spacial score (nSPS) is 12.1. The SMILES string of the molecule is CN(C)c1ccc(/C=c2/sc3nc(-c4ccc(Cl)cc4Cl)nn3c2=O)cc1. The Morgan fingerprint density at radius 2 is 1.85 bits per heavy atom. The number of nitrogens with zero attached hydrogens (tertiary/aromatic N) is 4. The maximum atomic E-state index is 12.7. The summed E-state index contributed by atoms with van der Waals surface area (Å²) in [6.07, 6.45) is 1.84. The van der Waals surface area contributed by atoms with Gasteiger partial charge in [-0.2, -0.15) is 9.50 Å². The zero-order valence-corrected chi connectivity index (χ0v) is 16.8. The molecule has 0 saturated carbocycles. The molecule has 0 amide bonds. The standard InChI is InChI=1S/C19H14Cl2N4OS/c1-24(2)13-6-3-11(4-7-13)9-16-18(26)25-19(27-16)22-17(23-25)14-8-5-12(20)10-15(14)21/h3-10H,1-2H3/b16-9+. The van der Waals surface area contributed by atoms with E-state index in [0.29, 0.717) is 30.9 Å². The van der Waals surface area contributed by atoms with Crippen LogP contribution in [0.5, 0.6) is 0 Å². The van der Waals surface area contributed by atoms with Crippen molar-refractivity contribution >= 4 is 51.3 Å². The predicted molar refractivity (Wildman–Crippen MR) is 112 cm³/mol. The van der Waals surface area contributed by atoms with Gasteiger partial charge in [0.05, 0.1) is 9.55 Å². The van der Waals surface area contributed by atoms with Crippen LogP contribution in [-0.4, -0.2) is 28.7 Å². The summed E-state index contributed by atoms with van der Waals surface area (Å²) in [6, 6.07) is 13.1. The second kappa shape index (κ2) is 6.96. The molecule has 0 aliphatic rings. The van der Waals surface area contributed by atoms with Crippen LogP contribution >= 0.6 is 34.5 Å². The number of rotatable bonds is 3. The van der Waals surface area contributed by atoms with E-state index < -0.39 is 0 Å². The summed E-state index contributed by atoms with van der Waals surface area (Å²) >= 11 is 13.4. The molecule has 0 spiro atoms. The van der Waals surface area contributed by atoms with Crippen LogP contribution in [0.15, 0.2) is 47.3 Å². The molecule has 0 unspecified atom stereocenters. The molecule has 4 aromatic rings. The molecular weight excluding hydrogens is 403 g/mol. The molecule has 136 valence electrons. The lowest BCUT2D eigenvalue weighted by Crippen LogP contribution is -2.23. The second-order valence-electron chi connectivity index (χ2n) is 6.16. The third-order valence-electron chi connectivity index (χ3n) is 4.06. The molecule has 0 saturated heterocycles. The summed E-state index contributed by atoms with van der Waals surface area (Å²) in [5, 5.41) is 5.30. The van der Waals surface area contributed by atoms with E-state index in [4.69, 9.17) is 23.2 Å². The third-order valence-corrected chi connectivity index (χ3v) is 5.57. The van der Waals surface area contributed by atoms with Crippen LogP contribution in [-0.2, 0) is 0 Å². The van der Waals surface area contributed by atoms with E-state index in [1.165, 1.54) is 15.9 Å². The van der Waals surface area contributed by atoms with Gasteiger partial charge in [-0.05, 0) is 42.0 Å². The Bertz CT molecular complexity index is 1250. The Balaban J connectivity index is 1.75. The molecule has 2 heterocycles. The van der Waals surface area contributed by atoms with Crippen LogP contribution in [0.1, 0.15) is 5.56 Å². The van der Waals surface area contributed by atoms with Gasteiger partial charge in [-0.25, -0.2) is 0 Å². The molecule has 0 bridgehead atoms. The fraction of sp³-hybridized carbons (Fsp3) is 0.105. The van der Waals surface area contributed by atoms with Crippen LogP contribution in [0, 0.1) is 0 Å². The first-order chi connectivity index (χ1) is 12.9. The Morgan fingerprint density at radius 1 is 1.11 bits per heavy atom. The highest BCUT2D eigenvalue weighted by Crippen LogP contribution is 2.28.